The molecule has 0 saturated carbocycles. The number of pyridine rings is 1. The average molecular weight is 385 g/mol. The van der Waals surface area contributed by atoms with Gasteiger partial charge in [-0.25, -0.2) is 4.98 Å². The maximum Gasteiger partial charge on any atom is 0.416 e. The molecule has 0 aliphatic carbocycles. The summed E-state index contributed by atoms with van der Waals surface area (Å²) in [5, 5.41) is 13.3. The van der Waals surface area contributed by atoms with Crippen LogP contribution in [0.5, 0.6) is 0 Å². The highest BCUT2D eigenvalue weighted by molar-refractivity contribution is 6.38. The van der Waals surface area contributed by atoms with Gasteiger partial charge in [0.15, 0.2) is 0 Å². The van der Waals surface area contributed by atoms with Gasteiger partial charge in [-0.1, -0.05) is 18.5 Å². The molecule has 1 aromatic carbocycles. The Morgan fingerprint density at radius 3 is 2.38 bits per heavy atom. The number of hydrogen-bond donors (Lipinski definition) is 3. The van der Waals surface area contributed by atoms with Crippen LogP contribution >= 0.6 is 11.6 Å². The van der Waals surface area contributed by atoms with Gasteiger partial charge in [0.05, 0.1) is 21.7 Å². The van der Waals surface area contributed by atoms with Crippen molar-refractivity contribution in [1.29, 1.82) is 5.41 Å². The quantitative estimate of drug-likeness (QED) is 0.646. The molecule has 5 nitrogen and oxygen atoms in total. The van der Waals surface area contributed by atoms with Crippen LogP contribution in [0.3, 0.4) is 0 Å². The summed E-state index contributed by atoms with van der Waals surface area (Å²) in [4.78, 5) is 16.5. The predicted octanol–water partition coefficient (Wildman–Crippen LogP) is 4.83. The number of alkyl halides is 3. The zero-order valence-electron chi connectivity index (χ0n) is 14.0. The van der Waals surface area contributed by atoms with E-state index < -0.39 is 17.6 Å². The lowest BCUT2D eigenvalue weighted by Crippen LogP contribution is -2.16. The Labute approximate surface area is 153 Å². The number of aromatic nitrogens is 1. The summed E-state index contributed by atoms with van der Waals surface area (Å²) in [6.07, 6.45) is -2.81. The van der Waals surface area contributed by atoms with Crippen LogP contribution in [0.1, 0.15) is 34.8 Å². The van der Waals surface area contributed by atoms with Gasteiger partial charge in [-0.05, 0) is 30.7 Å². The van der Waals surface area contributed by atoms with E-state index in [1.165, 1.54) is 6.20 Å². The van der Waals surface area contributed by atoms with Gasteiger partial charge in [0.2, 0.25) is 0 Å². The van der Waals surface area contributed by atoms with Crippen molar-refractivity contribution in [2.24, 2.45) is 0 Å². The minimum atomic E-state index is -4.45. The summed E-state index contributed by atoms with van der Waals surface area (Å²) in [7, 11) is 1.62. The third-order valence-corrected chi connectivity index (χ3v) is 4.01. The molecule has 1 aromatic heterocycles. The van der Waals surface area contributed by atoms with E-state index in [0.29, 0.717) is 17.8 Å². The summed E-state index contributed by atoms with van der Waals surface area (Å²) >= 11 is 6.28. The van der Waals surface area contributed by atoms with Crippen LogP contribution in [0.25, 0.3) is 0 Å². The second-order valence-electron chi connectivity index (χ2n) is 5.32. The SMILES string of the molecule is CCC(=N)c1c(NC)ncc(C(=O)Nc2ccc(C(F)(F)F)cc2)c1Cl. The minimum absolute atomic E-state index is 0.0266. The van der Waals surface area contributed by atoms with Crippen molar-refractivity contribution in [2.75, 3.05) is 17.7 Å². The normalized spacial score (nSPS) is 11.2. The number of amides is 1. The van der Waals surface area contributed by atoms with Crippen molar-refractivity contribution < 1.29 is 18.0 Å². The second-order valence-corrected chi connectivity index (χ2v) is 5.70. The third-order valence-electron chi connectivity index (χ3n) is 3.62. The number of halogens is 4. The van der Waals surface area contributed by atoms with Gasteiger partial charge in [-0.2, -0.15) is 13.2 Å². The first-order chi connectivity index (χ1) is 12.2. The molecule has 138 valence electrons. The fraction of sp³-hybridized carbons (Fsp3) is 0.235. The fourth-order valence-corrected chi connectivity index (χ4v) is 2.57. The number of carbonyl (C=O) groups is 1. The average Bonchev–Trinajstić information content (AvgIpc) is 2.60. The van der Waals surface area contributed by atoms with Crippen molar-refractivity contribution in [2.45, 2.75) is 19.5 Å². The van der Waals surface area contributed by atoms with Crippen LogP contribution in [0.4, 0.5) is 24.7 Å². The van der Waals surface area contributed by atoms with Gasteiger partial charge in [0, 0.05) is 24.6 Å². The number of rotatable bonds is 5. The van der Waals surface area contributed by atoms with Crippen molar-refractivity contribution in [3.05, 3.63) is 52.2 Å². The van der Waals surface area contributed by atoms with Crippen molar-refractivity contribution in [3.8, 4) is 0 Å². The number of benzene rings is 1. The predicted molar refractivity (Wildman–Crippen MR) is 95.3 cm³/mol. The van der Waals surface area contributed by atoms with Gasteiger partial charge < -0.3 is 16.0 Å². The number of nitrogens with one attached hydrogen (secondary N) is 3. The minimum Gasteiger partial charge on any atom is -0.373 e. The number of nitrogens with zero attached hydrogens (tertiary/aromatic N) is 1. The number of hydrogen-bond acceptors (Lipinski definition) is 4. The lowest BCUT2D eigenvalue weighted by molar-refractivity contribution is -0.137. The van der Waals surface area contributed by atoms with Gasteiger partial charge in [-0.15, -0.1) is 0 Å². The first-order valence-corrected chi connectivity index (χ1v) is 7.99. The molecule has 0 radical (unpaired) electrons. The van der Waals surface area contributed by atoms with Crippen LogP contribution < -0.4 is 10.6 Å². The summed E-state index contributed by atoms with van der Waals surface area (Å²) in [5.41, 5.74) is -0.0809. The Morgan fingerprint density at radius 1 is 1.27 bits per heavy atom. The van der Waals surface area contributed by atoms with Gasteiger partial charge in [0.25, 0.3) is 5.91 Å². The van der Waals surface area contributed by atoms with Gasteiger partial charge in [0.1, 0.15) is 5.82 Å². The molecular formula is C17H16ClF3N4O. The molecule has 1 heterocycles. The molecule has 0 aliphatic heterocycles. The van der Waals surface area contributed by atoms with Gasteiger partial charge in [-0.3, -0.25) is 4.79 Å². The summed E-state index contributed by atoms with van der Waals surface area (Å²) < 4.78 is 37.8. The van der Waals surface area contributed by atoms with Crippen molar-refractivity contribution >= 4 is 34.7 Å². The molecule has 0 saturated heterocycles. The zero-order valence-corrected chi connectivity index (χ0v) is 14.7. The van der Waals surface area contributed by atoms with E-state index in [1.807, 2.05) is 0 Å². The highest BCUT2D eigenvalue weighted by Crippen LogP contribution is 2.31. The first kappa shape index (κ1) is 19.7. The summed E-state index contributed by atoms with van der Waals surface area (Å²) in [5.74, 6) is -0.261. The molecule has 3 N–H and O–H groups in total. The van der Waals surface area contributed by atoms with E-state index in [1.54, 1.807) is 14.0 Å². The van der Waals surface area contributed by atoms with E-state index in [2.05, 4.69) is 15.6 Å². The van der Waals surface area contributed by atoms with E-state index >= 15 is 0 Å². The topological polar surface area (TPSA) is 77.9 Å². The van der Waals surface area contributed by atoms with Crippen LogP contribution in [-0.2, 0) is 6.18 Å². The maximum atomic E-state index is 12.6. The molecule has 0 aliphatic rings. The smallest absolute Gasteiger partial charge is 0.373 e. The van der Waals surface area contributed by atoms with E-state index in [4.69, 9.17) is 17.0 Å². The standard InChI is InChI=1S/C17H16ClF3N4O/c1-3-12(22)13-14(18)11(8-24-15(13)23-2)16(26)25-10-6-4-9(5-7-10)17(19,20)21/h4-8,22H,3H2,1-2H3,(H,23,24)(H,25,26). The highest BCUT2D eigenvalue weighted by atomic mass is 35.5. The molecule has 0 bridgehead atoms. The molecule has 0 spiro atoms. The maximum absolute atomic E-state index is 12.6. The molecule has 9 heteroatoms. The Morgan fingerprint density at radius 2 is 1.88 bits per heavy atom. The van der Waals surface area contributed by atoms with Crippen molar-refractivity contribution in [1.82, 2.24) is 4.98 Å². The Bertz CT molecular complexity index is 835. The molecule has 2 aromatic rings. The fourth-order valence-electron chi connectivity index (χ4n) is 2.23. The highest BCUT2D eigenvalue weighted by Gasteiger charge is 2.30. The molecule has 1 amide bonds. The molecule has 0 fully saturated rings. The lowest BCUT2D eigenvalue weighted by Gasteiger charge is -2.14. The molecule has 0 unspecified atom stereocenters. The lowest BCUT2D eigenvalue weighted by atomic mass is 10.1. The number of carbonyl (C=O) groups excluding carboxylic acids is 1. The monoisotopic (exact) mass is 384 g/mol. The zero-order chi connectivity index (χ0) is 19.5. The van der Waals surface area contributed by atoms with Crippen LogP contribution in [-0.4, -0.2) is 23.7 Å². The van der Waals surface area contributed by atoms with Crippen LogP contribution in [0.15, 0.2) is 30.5 Å². The van der Waals surface area contributed by atoms with Crippen LogP contribution in [0.2, 0.25) is 5.02 Å². The Kier molecular flexibility index (Phi) is 5.86. The Balaban J connectivity index is 2.31. The van der Waals surface area contributed by atoms with E-state index in [9.17, 15) is 18.0 Å². The molecule has 2 rings (SSSR count). The summed E-state index contributed by atoms with van der Waals surface area (Å²) in [6.45, 7) is 1.77. The van der Waals surface area contributed by atoms with Crippen LogP contribution in [0, 0.1) is 5.41 Å². The molecule has 0 atom stereocenters. The van der Waals surface area contributed by atoms with Crippen molar-refractivity contribution in [3.63, 3.8) is 0 Å². The second kappa shape index (κ2) is 7.74. The first-order valence-electron chi connectivity index (χ1n) is 7.61. The van der Waals surface area contributed by atoms with E-state index in [0.717, 1.165) is 24.3 Å². The summed E-state index contributed by atoms with van der Waals surface area (Å²) in [6, 6.07) is 4.05. The van der Waals surface area contributed by atoms with E-state index in [-0.39, 0.29) is 22.0 Å². The molecule has 26 heavy (non-hydrogen) atoms. The number of anilines is 2. The largest absolute Gasteiger partial charge is 0.416 e. The Hall–Kier alpha value is -2.61. The van der Waals surface area contributed by atoms with Gasteiger partial charge >= 0.3 is 6.18 Å². The molecular weight excluding hydrogens is 369 g/mol. The third kappa shape index (κ3) is 4.13.